The maximum atomic E-state index is 9.20. The molecule has 2 aromatic carbocycles. The largest absolute Gasteiger partial charge is 0.508 e. The van der Waals surface area contributed by atoms with Crippen LogP contribution in [0.25, 0.3) is 0 Å². The number of methoxy groups -OCH3 is 1. The number of halogens is 1. The number of ether oxygens (including phenoxy) is 1. The van der Waals surface area contributed by atoms with Crippen molar-refractivity contribution in [3.05, 3.63) is 58.1 Å². The van der Waals surface area contributed by atoms with Crippen LogP contribution >= 0.6 is 28.1 Å². The van der Waals surface area contributed by atoms with Crippen molar-refractivity contribution in [1.29, 1.82) is 0 Å². The van der Waals surface area contributed by atoms with Gasteiger partial charge in [-0.3, -0.25) is 5.43 Å². The van der Waals surface area contributed by atoms with E-state index in [1.54, 1.807) is 37.6 Å². The number of rotatable bonds is 5. The normalized spacial score (nSPS) is 10.5. The maximum Gasteiger partial charge on any atom is 0.187 e. The molecule has 0 saturated carbocycles. The highest BCUT2D eigenvalue weighted by atomic mass is 79.9. The number of aromatic hydroxyl groups is 1. The number of hydrogen-bond donors (Lipinski definition) is 3. The predicted molar refractivity (Wildman–Crippen MR) is 99.0 cm³/mol. The molecular weight excluding hydrogens is 378 g/mol. The van der Waals surface area contributed by atoms with Crippen LogP contribution in [0.15, 0.2) is 52.0 Å². The van der Waals surface area contributed by atoms with Crippen molar-refractivity contribution in [2.24, 2.45) is 5.10 Å². The minimum Gasteiger partial charge on any atom is -0.508 e. The van der Waals surface area contributed by atoms with Crippen molar-refractivity contribution in [1.82, 2.24) is 10.7 Å². The van der Waals surface area contributed by atoms with Crippen LogP contribution in [0.3, 0.4) is 0 Å². The average molecular weight is 394 g/mol. The molecule has 0 aliphatic carbocycles. The number of phenols is 1. The Morgan fingerprint density at radius 2 is 2.04 bits per heavy atom. The molecule has 23 heavy (non-hydrogen) atoms. The smallest absolute Gasteiger partial charge is 0.187 e. The van der Waals surface area contributed by atoms with Gasteiger partial charge in [-0.2, -0.15) is 5.10 Å². The number of thiocarbonyl (C=S) groups is 1. The van der Waals surface area contributed by atoms with Crippen LogP contribution < -0.4 is 15.5 Å². The van der Waals surface area contributed by atoms with Crippen molar-refractivity contribution in [3.63, 3.8) is 0 Å². The van der Waals surface area contributed by atoms with Crippen LogP contribution in [0, 0.1) is 0 Å². The molecule has 0 radical (unpaired) electrons. The van der Waals surface area contributed by atoms with E-state index >= 15 is 0 Å². The van der Waals surface area contributed by atoms with E-state index in [1.807, 2.05) is 18.2 Å². The molecule has 0 saturated heterocycles. The molecule has 0 spiro atoms. The van der Waals surface area contributed by atoms with E-state index in [4.69, 9.17) is 17.0 Å². The van der Waals surface area contributed by atoms with Gasteiger partial charge in [0, 0.05) is 6.54 Å². The Kier molecular flexibility index (Phi) is 6.37. The van der Waals surface area contributed by atoms with Gasteiger partial charge in [0.15, 0.2) is 5.11 Å². The third kappa shape index (κ3) is 5.54. The van der Waals surface area contributed by atoms with Crippen molar-refractivity contribution < 1.29 is 9.84 Å². The summed E-state index contributed by atoms with van der Waals surface area (Å²) in [6.07, 6.45) is 1.62. The number of nitrogens with zero attached hydrogens (tertiary/aromatic N) is 1. The second-order valence-corrected chi connectivity index (χ2v) is 5.88. The maximum absolute atomic E-state index is 9.20. The highest BCUT2D eigenvalue weighted by Gasteiger charge is 2.02. The fourth-order valence-electron chi connectivity index (χ4n) is 1.77. The molecule has 2 aromatic rings. The molecule has 5 nitrogen and oxygen atoms in total. The molecule has 3 N–H and O–H groups in total. The van der Waals surface area contributed by atoms with E-state index in [-0.39, 0.29) is 5.75 Å². The average Bonchev–Trinajstić information content (AvgIpc) is 2.55. The molecule has 0 aliphatic heterocycles. The predicted octanol–water partition coefficient (Wildman–Crippen LogP) is 3.16. The number of hydrazone groups is 1. The minimum atomic E-state index is 0.220. The van der Waals surface area contributed by atoms with Crippen LogP contribution in [0.5, 0.6) is 11.5 Å². The molecular formula is C16H16BrN3O2S. The van der Waals surface area contributed by atoms with Gasteiger partial charge in [-0.25, -0.2) is 0 Å². The first-order valence-corrected chi connectivity index (χ1v) is 7.97. The van der Waals surface area contributed by atoms with Crippen LogP contribution in [0.1, 0.15) is 11.1 Å². The Balaban J connectivity index is 1.81. The third-order valence-electron chi connectivity index (χ3n) is 2.94. The van der Waals surface area contributed by atoms with Gasteiger partial charge in [-0.15, -0.1) is 0 Å². The quantitative estimate of drug-likeness (QED) is 0.413. The van der Waals surface area contributed by atoms with Gasteiger partial charge in [0.2, 0.25) is 0 Å². The fourth-order valence-corrected chi connectivity index (χ4v) is 2.48. The highest BCUT2D eigenvalue weighted by molar-refractivity contribution is 9.10. The molecule has 0 heterocycles. The van der Waals surface area contributed by atoms with Gasteiger partial charge >= 0.3 is 0 Å². The Morgan fingerprint density at radius 3 is 2.70 bits per heavy atom. The van der Waals surface area contributed by atoms with Gasteiger partial charge in [-0.05, 0) is 75.7 Å². The molecule has 0 atom stereocenters. The molecule has 2 rings (SSSR count). The Morgan fingerprint density at radius 1 is 1.30 bits per heavy atom. The number of nitrogens with one attached hydrogen (secondary N) is 2. The zero-order valence-corrected chi connectivity index (χ0v) is 14.8. The number of phenolic OH excluding ortho intramolecular Hbond substituents is 1. The molecule has 120 valence electrons. The molecule has 7 heteroatoms. The van der Waals surface area contributed by atoms with E-state index < -0.39 is 0 Å². The van der Waals surface area contributed by atoms with Crippen LogP contribution in [0.2, 0.25) is 0 Å². The van der Waals surface area contributed by atoms with Gasteiger partial charge in [0.25, 0.3) is 0 Å². The second-order valence-electron chi connectivity index (χ2n) is 4.61. The minimum absolute atomic E-state index is 0.220. The van der Waals surface area contributed by atoms with Crippen molar-refractivity contribution in [3.8, 4) is 11.5 Å². The topological polar surface area (TPSA) is 65.9 Å². The van der Waals surface area contributed by atoms with Crippen molar-refractivity contribution >= 4 is 39.5 Å². The van der Waals surface area contributed by atoms with Crippen molar-refractivity contribution in [2.45, 2.75) is 6.54 Å². The molecule has 0 fully saturated rings. The fraction of sp³-hybridized carbons (Fsp3) is 0.125. The van der Waals surface area contributed by atoms with Gasteiger partial charge in [-0.1, -0.05) is 6.07 Å². The first-order valence-electron chi connectivity index (χ1n) is 6.77. The molecule has 0 bridgehead atoms. The van der Waals surface area contributed by atoms with Crippen LogP contribution in [-0.2, 0) is 6.54 Å². The Hall–Kier alpha value is -2.12. The summed E-state index contributed by atoms with van der Waals surface area (Å²) in [4.78, 5) is 0. The van der Waals surface area contributed by atoms with E-state index in [0.29, 0.717) is 11.7 Å². The monoisotopic (exact) mass is 393 g/mol. The van der Waals surface area contributed by atoms with Gasteiger partial charge < -0.3 is 15.2 Å². The molecule has 0 aromatic heterocycles. The molecule has 0 unspecified atom stereocenters. The summed E-state index contributed by atoms with van der Waals surface area (Å²) in [6.45, 7) is 0.573. The summed E-state index contributed by atoms with van der Waals surface area (Å²) < 4.78 is 6.08. The molecule has 0 aliphatic rings. The lowest BCUT2D eigenvalue weighted by molar-refractivity contribution is 0.412. The van der Waals surface area contributed by atoms with Gasteiger partial charge in [0.1, 0.15) is 11.5 Å². The van der Waals surface area contributed by atoms with Crippen molar-refractivity contribution in [2.75, 3.05) is 7.11 Å². The van der Waals surface area contributed by atoms with E-state index in [0.717, 1.165) is 21.3 Å². The van der Waals surface area contributed by atoms with E-state index in [2.05, 4.69) is 31.8 Å². The summed E-state index contributed by atoms with van der Waals surface area (Å²) in [5, 5.41) is 16.7. The summed E-state index contributed by atoms with van der Waals surface area (Å²) in [6, 6.07) is 12.5. The van der Waals surface area contributed by atoms with Crippen LogP contribution in [0.4, 0.5) is 0 Å². The summed E-state index contributed by atoms with van der Waals surface area (Å²) in [5.74, 6) is 1.01. The first-order chi connectivity index (χ1) is 11.1. The SMILES string of the molecule is COc1ccc(CNC(=S)N/N=C/c2ccc(O)cc2)cc1Br. The lowest BCUT2D eigenvalue weighted by atomic mass is 10.2. The standard InChI is InChI=1S/C16H16BrN3O2S/c1-22-15-7-4-12(8-14(15)17)9-18-16(23)20-19-10-11-2-5-13(21)6-3-11/h2-8,10,21H,9H2,1H3,(H2,18,20,23)/b19-10+. The summed E-state index contributed by atoms with van der Waals surface area (Å²) in [5.41, 5.74) is 4.66. The lowest BCUT2D eigenvalue weighted by Gasteiger charge is -2.09. The van der Waals surface area contributed by atoms with Crippen LogP contribution in [-0.4, -0.2) is 23.5 Å². The zero-order valence-electron chi connectivity index (χ0n) is 12.4. The third-order valence-corrected chi connectivity index (χ3v) is 3.80. The Bertz CT molecular complexity index is 705. The second kappa shape index (κ2) is 8.50. The van der Waals surface area contributed by atoms with E-state index in [1.165, 1.54) is 0 Å². The number of benzene rings is 2. The van der Waals surface area contributed by atoms with Gasteiger partial charge in [0.05, 0.1) is 17.8 Å². The Labute approximate surface area is 148 Å². The zero-order chi connectivity index (χ0) is 16.7. The molecule has 0 amide bonds. The lowest BCUT2D eigenvalue weighted by Crippen LogP contribution is -2.31. The summed E-state index contributed by atoms with van der Waals surface area (Å²) in [7, 11) is 1.63. The first kappa shape index (κ1) is 17.2. The van der Waals surface area contributed by atoms with E-state index in [9.17, 15) is 5.11 Å². The summed E-state index contributed by atoms with van der Waals surface area (Å²) >= 11 is 8.60. The number of hydrogen-bond acceptors (Lipinski definition) is 4. The highest BCUT2D eigenvalue weighted by Crippen LogP contribution is 2.25.